The standard InChI is InChI=1S/C15H15FO3/c1-18-13-6-2-4-11(8-13)10-19-15-12(9-17)5-3-7-14(15)16/h2-8,17H,9-10H2,1H3. The summed E-state index contributed by atoms with van der Waals surface area (Å²) in [6.45, 7) is -0.0453. The predicted molar refractivity (Wildman–Crippen MR) is 69.6 cm³/mol. The molecule has 0 heterocycles. The van der Waals surface area contributed by atoms with Crippen molar-refractivity contribution in [3.8, 4) is 11.5 Å². The van der Waals surface area contributed by atoms with E-state index in [1.54, 1.807) is 19.2 Å². The maximum atomic E-state index is 13.6. The highest BCUT2D eigenvalue weighted by atomic mass is 19.1. The largest absolute Gasteiger partial charge is 0.497 e. The van der Waals surface area contributed by atoms with E-state index in [4.69, 9.17) is 14.6 Å². The van der Waals surface area contributed by atoms with Crippen molar-refractivity contribution in [3.05, 3.63) is 59.4 Å². The highest BCUT2D eigenvalue weighted by Gasteiger charge is 2.09. The van der Waals surface area contributed by atoms with Crippen molar-refractivity contribution in [3.63, 3.8) is 0 Å². The van der Waals surface area contributed by atoms with E-state index in [2.05, 4.69) is 0 Å². The molecule has 1 N–H and O–H groups in total. The molecule has 0 unspecified atom stereocenters. The van der Waals surface area contributed by atoms with E-state index < -0.39 is 5.82 Å². The molecule has 4 heteroatoms. The smallest absolute Gasteiger partial charge is 0.165 e. The van der Waals surface area contributed by atoms with Gasteiger partial charge in [0.2, 0.25) is 0 Å². The Labute approximate surface area is 111 Å². The molecule has 0 aliphatic heterocycles. The Morgan fingerprint density at radius 3 is 2.68 bits per heavy atom. The van der Waals surface area contributed by atoms with Crippen molar-refractivity contribution in [1.29, 1.82) is 0 Å². The summed E-state index contributed by atoms with van der Waals surface area (Å²) in [6, 6.07) is 11.8. The number of ether oxygens (including phenoxy) is 2. The zero-order valence-corrected chi connectivity index (χ0v) is 10.6. The molecule has 2 aromatic rings. The fraction of sp³-hybridized carbons (Fsp3) is 0.200. The monoisotopic (exact) mass is 262 g/mol. The van der Waals surface area contributed by atoms with Crippen LogP contribution in [0.2, 0.25) is 0 Å². The number of hydrogen-bond acceptors (Lipinski definition) is 3. The fourth-order valence-electron chi connectivity index (χ4n) is 1.76. The topological polar surface area (TPSA) is 38.7 Å². The summed E-state index contributed by atoms with van der Waals surface area (Å²) in [6.07, 6.45) is 0. The van der Waals surface area contributed by atoms with E-state index in [0.29, 0.717) is 5.56 Å². The minimum atomic E-state index is -0.477. The molecule has 0 fully saturated rings. The molecular formula is C15H15FO3. The molecule has 2 rings (SSSR count). The Kier molecular flexibility index (Phi) is 4.36. The Balaban J connectivity index is 2.14. The first kappa shape index (κ1) is 13.4. The van der Waals surface area contributed by atoms with Crippen LogP contribution in [0.3, 0.4) is 0 Å². The molecule has 0 saturated carbocycles. The summed E-state index contributed by atoms with van der Waals surface area (Å²) < 4.78 is 24.2. The predicted octanol–water partition coefficient (Wildman–Crippen LogP) is 2.91. The van der Waals surface area contributed by atoms with E-state index in [-0.39, 0.29) is 19.0 Å². The summed E-state index contributed by atoms with van der Waals surface area (Å²) in [5.74, 6) is 0.333. The van der Waals surface area contributed by atoms with Crippen LogP contribution in [0.25, 0.3) is 0 Å². The zero-order chi connectivity index (χ0) is 13.7. The lowest BCUT2D eigenvalue weighted by atomic mass is 10.2. The average Bonchev–Trinajstić information content (AvgIpc) is 2.46. The van der Waals surface area contributed by atoms with E-state index in [1.807, 2.05) is 24.3 Å². The van der Waals surface area contributed by atoms with Crippen LogP contribution in [0.5, 0.6) is 11.5 Å². The number of aliphatic hydroxyl groups excluding tert-OH is 1. The van der Waals surface area contributed by atoms with Gasteiger partial charge in [-0.15, -0.1) is 0 Å². The molecule has 0 aliphatic rings. The van der Waals surface area contributed by atoms with Crippen LogP contribution in [-0.4, -0.2) is 12.2 Å². The van der Waals surface area contributed by atoms with Crippen molar-refractivity contribution >= 4 is 0 Å². The van der Waals surface area contributed by atoms with Gasteiger partial charge in [-0.1, -0.05) is 24.3 Å². The fourth-order valence-corrected chi connectivity index (χ4v) is 1.76. The van der Waals surface area contributed by atoms with Gasteiger partial charge in [0.05, 0.1) is 13.7 Å². The van der Waals surface area contributed by atoms with Crippen LogP contribution in [0.15, 0.2) is 42.5 Å². The molecular weight excluding hydrogens is 247 g/mol. The second-order valence-electron chi connectivity index (χ2n) is 4.03. The number of hydrogen-bond donors (Lipinski definition) is 1. The van der Waals surface area contributed by atoms with E-state index in [1.165, 1.54) is 6.07 Å². The molecule has 0 aliphatic carbocycles. The quantitative estimate of drug-likeness (QED) is 0.900. The van der Waals surface area contributed by atoms with Crippen molar-refractivity contribution < 1.29 is 19.0 Å². The summed E-state index contributed by atoms with van der Waals surface area (Å²) in [5, 5.41) is 9.16. The number of aliphatic hydroxyl groups is 1. The minimum Gasteiger partial charge on any atom is -0.497 e. The number of methoxy groups -OCH3 is 1. The van der Waals surface area contributed by atoms with Crippen LogP contribution in [-0.2, 0) is 13.2 Å². The molecule has 3 nitrogen and oxygen atoms in total. The first-order chi connectivity index (χ1) is 9.24. The minimum absolute atomic E-state index is 0.0906. The lowest BCUT2D eigenvalue weighted by Crippen LogP contribution is -2.01. The molecule has 2 aromatic carbocycles. The molecule has 19 heavy (non-hydrogen) atoms. The number of para-hydroxylation sites is 1. The van der Waals surface area contributed by atoms with Gasteiger partial charge in [0.1, 0.15) is 12.4 Å². The first-order valence-electron chi connectivity index (χ1n) is 5.88. The maximum absolute atomic E-state index is 13.6. The second kappa shape index (κ2) is 6.20. The molecule has 0 spiro atoms. The zero-order valence-electron chi connectivity index (χ0n) is 10.6. The molecule has 0 radical (unpaired) electrons. The third-order valence-corrected chi connectivity index (χ3v) is 2.74. The summed E-state index contributed by atoms with van der Waals surface area (Å²) >= 11 is 0. The average molecular weight is 262 g/mol. The summed E-state index contributed by atoms with van der Waals surface area (Å²) in [5.41, 5.74) is 1.30. The van der Waals surface area contributed by atoms with Crippen molar-refractivity contribution in [1.82, 2.24) is 0 Å². The van der Waals surface area contributed by atoms with Crippen molar-refractivity contribution in [2.24, 2.45) is 0 Å². The van der Waals surface area contributed by atoms with E-state index >= 15 is 0 Å². The molecule has 0 aromatic heterocycles. The van der Waals surface area contributed by atoms with Gasteiger partial charge in [-0.3, -0.25) is 0 Å². The van der Waals surface area contributed by atoms with Gasteiger partial charge in [-0.05, 0) is 23.8 Å². The van der Waals surface area contributed by atoms with Gasteiger partial charge in [0.25, 0.3) is 0 Å². The third-order valence-electron chi connectivity index (χ3n) is 2.74. The van der Waals surface area contributed by atoms with Crippen LogP contribution < -0.4 is 9.47 Å². The lowest BCUT2D eigenvalue weighted by molar-refractivity contribution is 0.251. The number of rotatable bonds is 5. The SMILES string of the molecule is COc1cccc(COc2c(F)cccc2CO)c1. The van der Waals surface area contributed by atoms with Gasteiger partial charge in [0, 0.05) is 5.56 Å². The van der Waals surface area contributed by atoms with Gasteiger partial charge < -0.3 is 14.6 Å². The van der Waals surface area contributed by atoms with Crippen molar-refractivity contribution in [2.45, 2.75) is 13.2 Å². The highest BCUT2D eigenvalue weighted by molar-refractivity contribution is 5.35. The Morgan fingerprint density at radius 1 is 1.16 bits per heavy atom. The summed E-state index contributed by atoms with van der Waals surface area (Å²) in [7, 11) is 1.58. The van der Waals surface area contributed by atoms with Gasteiger partial charge in [-0.25, -0.2) is 4.39 Å². The van der Waals surface area contributed by atoms with Crippen LogP contribution >= 0.6 is 0 Å². The van der Waals surface area contributed by atoms with Crippen molar-refractivity contribution in [2.75, 3.05) is 7.11 Å². The van der Waals surface area contributed by atoms with Gasteiger partial charge >= 0.3 is 0 Å². The Bertz CT molecular complexity index is 555. The van der Waals surface area contributed by atoms with E-state index in [0.717, 1.165) is 11.3 Å². The molecule has 0 bridgehead atoms. The van der Waals surface area contributed by atoms with Gasteiger partial charge in [-0.2, -0.15) is 0 Å². The Morgan fingerprint density at radius 2 is 1.95 bits per heavy atom. The lowest BCUT2D eigenvalue weighted by Gasteiger charge is -2.11. The van der Waals surface area contributed by atoms with Crippen LogP contribution in [0, 0.1) is 5.82 Å². The normalized spacial score (nSPS) is 10.3. The Hall–Kier alpha value is -2.07. The molecule has 100 valence electrons. The van der Waals surface area contributed by atoms with E-state index in [9.17, 15) is 4.39 Å². The summed E-state index contributed by atoms with van der Waals surface area (Å²) in [4.78, 5) is 0. The molecule has 0 saturated heterocycles. The van der Waals surface area contributed by atoms with Crippen LogP contribution in [0.4, 0.5) is 4.39 Å². The van der Waals surface area contributed by atoms with Gasteiger partial charge in [0.15, 0.2) is 11.6 Å². The highest BCUT2D eigenvalue weighted by Crippen LogP contribution is 2.24. The molecule has 0 amide bonds. The maximum Gasteiger partial charge on any atom is 0.165 e. The number of benzene rings is 2. The first-order valence-corrected chi connectivity index (χ1v) is 5.88. The number of halogens is 1. The second-order valence-corrected chi connectivity index (χ2v) is 4.03. The third kappa shape index (κ3) is 3.23. The molecule has 0 atom stereocenters. The van der Waals surface area contributed by atoms with Crippen LogP contribution in [0.1, 0.15) is 11.1 Å².